The fraction of sp³-hybridized carbons (Fsp3) is 0.294. The lowest BCUT2D eigenvalue weighted by molar-refractivity contribution is 0.0601. The van der Waals surface area contributed by atoms with E-state index in [2.05, 4.69) is 20.6 Å². The van der Waals surface area contributed by atoms with E-state index in [1.807, 2.05) is 0 Å². The molecule has 0 saturated carbocycles. The lowest BCUT2D eigenvalue weighted by atomic mass is 10.2. The van der Waals surface area contributed by atoms with Gasteiger partial charge in [-0.1, -0.05) is 12.1 Å². The Kier molecular flexibility index (Phi) is 5.36. The molecule has 1 fully saturated rings. The zero-order chi connectivity index (χ0) is 19.4. The van der Waals surface area contributed by atoms with Gasteiger partial charge in [0.25, 0.3) is 5.91 Å². The number of ether oxygens (including phenoxy) is 1. The van der Waals surface area contributed by atoms with Gasteiger partial charge >= 0.3 is 5.97 Å². The number of nitrogens with one attached hydrogen (secondary N) is 2. The largest absolute Gasteiger partial charge is 0.465 e. The third-order valence-corrected chi connectivity index (χ3v) is 5.83. The number of hydrogen-bond acceptors (Lipinski definition) is 8. The van der Waals surface area contributed by atoms with Crippen LogP contribution in [0.4, 0.5) is 11.6 Å². The standard InChI is InChI=1S/C17H18N4O5S/c1-26-16(23)13-4-2-3-5-14(13)21-17-18-8-11(9-19-17)15(22)20-12-6-7-27(24,25)10-12/h2-5,8-9,12H,6-7,10H2,1H3,(H,20,22)(H,18,19,21). The van der Waals surface area contributed by atoms with Crippen LogP contribution in [0.5, 0.6) is 0 Å². The lowest BCUT2D eigenvalue weighted by Gasteiger charge is -2.11. The second-order valence-corrected chi connectivity index (χ2v) is 8.26. The van der Waals surface area contributed by atoms with E-state index in [0.29, 0.717) is 17.7 Å². The molecule has 1 saturated heterocycles. The van der Waals surface area contributed by atoms with Crippen molar-refractivity contribution >= 4 is 33.3 Å². The van der Waals surface area contributed by atoms with Crippen LogP contribution < -0.4 is 10.6 Å². The molecule has 2 N–H and O–H groups in total. The van der Waals surface area contributed by atoms with Gasteiger partial charge in [0.1, 0.15) is 0 Å². The van der Waals surface area contributed by atoms with Crippen LogP contribution in [0.15, 0.2) is 36.7 Å². The molecule has 1 aliphatic heterocycles. The highest BCUT2D eigenvalue weighted by Gasteiger charge is 2.29. The van der Waals surface area contributed by atoms with Crippen molar-refractivity contribution < 1.29 is 22.7 Å². The highest BCUT2D eigenvalue weighted by atomic mass is 32.2. The summed E-state index contributed by atoms with van der Waals surface area (Å²) in [5.74, 6) is -0.703. The topological polar surface area (TPSA) is 127 Å². The number of esters is 1. The van der Waals surface area contributed by atoms with Crippen LogP contribution in [-0.4, -0.2) is 54.9 Å². The van der Waals surface area contributed by atoms with Crippen molar-refractivity contribution in [1.82, 2.24) is 15.3 Å². The van der Waals surface area contributed by atoms with Crippen molar-refractivity contribution in [2.24, 2.45) is 0 Å². The van der Waals surface area contributed by atoms with Gasteiger partial charge in [0, 0.05) is 18.4 Å². The molecule has 27 heavy (non-hydrogen) atoms. The average molecular weight is 390 g/mol. The summed E-state index contributed by atoms with van der Waals surface area (Å²) in [5.41, 5.74) is 1.01. The maximum atomic E-state index is 12.2. The first-order valence-corrected chi connectivity index (χ1v) is 9.98. The van der Waals surface area contributed by atoms with E-state index in [1.165, 1.54) is 19.5 Å². The summed E-state index contributed by atoms with van der Waals surface area (Å²) in [7, 11) is -1.78. The van der Waals surface area contributed by atoms with Crippen LogP contribution in [0.25, 0.3) is 0 Å². The predicted octanol–water partition coefficient (Wildman–Crippen LogP) is 0.924. The van der Waals surface area contributed by atoms with Gasteiger partial charge in [0.2, 0.25) is 5.95 Å². The minimum absolute atomic E-state index is 0.0520. The second-order valence-electron chi connectivity index (χ2n) is 6.03. The van der Waals surface area contributed by atoms with Crippen LogP contribution in [0.3, 0.4) is 0 Å². The SMILES string of the molecule is COC(=O)c1ccccc1Nc1ncc(C(=O)NC2CCS(=O)(=O)C2)cn1. The number of carbonyl (C=O) groups is 2. The highest BCUT2D eigenvalue weighted by Crippen LogP contribution is 2.19. The molecule has 0 bridgehead atoms. The molecular weight excluding hydrogens is 372 g/mol. The number of anilines is 2. The van der Waals surface area contributed by atoms with Gasteiger partial charge in [-0.25, -0.2) is 23.2 Å². The molecule has 1 aliphatic rings. The fourth-order valence-corrected chi connectivity index (χ4v) is 4.36. The van der Waals surface area contributed by atoms with Crippen LogP contribution >= 0.6 is 0 Å². The Morgan fingerprint density at radius 2 is 1.89 bits per heavy atom. The van der Waals surface area contributed by atoms with Gasteiger partial charge in [-0.2, -0.15) is 0 Å². The summed E-state index contributed by atoms with van der Waals surface area (Å²) < 4.78 is 27.6. The van der Waals surface area contributed by atoms with Crippen LogP contribution in [0, 0.1) is 0 Å². The summed E-state index contributed by atoms with van der Waals surface area (Å²) in [4.78, 5) is 32.1. The van der Waals surface area contributed by atoms with Gasteiger partial charge in [0.15, 0.2) is 9.84 Å². The van der Waals surface area contributed by atoms with E-state index in [9.17, 15) is 18.0 Å². The molecule has 1 aromatic carbocycles. The Labute approximate surface area is 156 Å². The average Bonchev–Trinajstić information content (AvgIpc) is 3.00. The number of aromatic nitrogens is 2. The molecule has 142 valence electrons. The summed E-state index contributed by atoms with van der Waals surface area (Å²) in [5, 5.41) is 5.58. The van der Waals surface area contributed by atoms with Gasteiger partial charge in [-0.3, -0.25) is 4.79 Å². The lowest BCUT2D eigenvalue weighted by Crippen LogP contribution is -2.35. The molecular formula is C17H18N4O5S. The van der Waals surface area contributed by atoms with Crippen LogP contribution in [0.1, 0.15) is 27.1 Å². The summed E-state index contributed by atoms with van der Waals surface area (Å²) in [6, 6.07) is 6.33. The minimum Gasteiger partial charge on any atom is -0.465 e. The number of amides is 1. The summed E-state index contributed by atoms with van der Waals surface area (Å²) in [6.07, 6.45) is 3.06. The Hall–Kier alpha value is -3.01. The number of sulfone groups is 1. The Morgan fingerprint density at radius 3 is 2.52 bits per heavy atom. The van der Waals surface area contributed by atoms with Crippen molar-refractivity contribution in [3.63, 3.8) is 0 Å². The third-order valence-electron chi connectivity index (χ3n) is 4.06. The Morgan fingerprint density at radius 1 is 1.19 bits per heavy atom. The van der Waals surface area contributed by atoms with E-state index < -0.39 is 27.8 Å². The zero-order valence-electron chi connectivity index (χ0n) is 14.5. The van der Waals surface area contributed by atoms with E-state index >= 15 is 0 Å². The first kappa shape index (κ1) is 18.8. The second kappa shape index (κ2) is 7.70. The van der Waals surface area contributed by atoms with E-state index in [4.69, 9.17) is 4.74 Å². The number of rotatable bonds is 5. The molecule has 1 unspecified atom stereocenters. The van der Waals surface area contributed by atoms with Gasteiger partial charge in [0.05, 0.1) is 35.4 Å². The van der Waals surface area contributed by atoms with Crippen molar-refractivity contribution in [2.75, 3.05) is 23.9 Å². The summed E-state index contributed by atoms with van der Waals surface area (Å²) >= 11 is 0. The zero-order valence-corrected chi connectivity index (χ0v) is 15.3. The molecule has 9 nitrogen and oxygen atoms in total. The van der Waals surface area contributed by atoms with Crippen molar-refractivity contribution in [1.29, 1.82) is 0 Å². The molecule has 0 spiro atoms. The first-order valence-electron chi connectivity index (χ1n) is 8.15. The van der Waals surface area contributed by atoms with Crippen molar-refractivity contribution in [2.45, 2.75) is 12.5 Å². The molecule has 1 aromatic heterocycles. The minimum atomic E-state index is -3.07. The van der Waals surface area contributed by atoms with Crippen LogP contribution in [-0.2, 0) is 14.6 Å². The maximum absolute atomic E-state index is 12.2. The maximum Gasteiger partial charge on any atom is 0.339 e. The quantitative estimate of drug-likeness (QED) is 0.722. The molecule has 1 atom stereocenters. The fourth-order valence-electron chi connectivity index (χ4n) is 2.69. The predicted molar refractivity (Wildman–Crippen MR) is 97.6 cm³/mol. The molecule has 0 radical (unpaired) electrons. The molecule has 2 heterocycles. The summed E-state index contributed by atoms with van der Waals surface area (Å²) in [6.45, 7) is 0. The number of benzene rings is 1. The number of nitrogens with zero attached hydrogens (tertiary/aromatic N) is 2. The van der Waals surface area contributed by atoms with E-state index in [1.54, 1.807) is 24.3 Å². The number of para-hydroxylation sites is 1. The number of hydrogen-bond donors (Lipinski definition) is 2. The van der Waals surface area contributed by atoms with Gasteiger partial charge < -0.3 is 15.4 Å². The number of methoxy groups -OCH3 is 1. The molecule has 0 aliphatic carbocycles. The van der Waals surface area contributed by atoms with Crippen molar-refractivity contribution in [3.05, 3.63) is 47.8 Å². The number of carbonyl (C=O) groups excluding carboxylic acids is 2. The normalized spacial score (nSPS) is 17.9. The van der Waals surface area contributed by atoms with E-state index in [-0.39, 0.29) is 23.0 Å². The Balaban J connectivity index is 1.67. The van der Waals surface area contributed by atoms with Gasteiger partial charge in [-0.05, 0) is 18.6 Å². The molecule has 3 rings (SSSR count). The third kappa shape index (κ3) is 4.59. The monoisotopic (exact) mass is 390 g/mol. The van der Waals surface area contributed by atoms with Gasteiger partial charge in [-0.15, -0.1) is 0 Å². The highest BCUT2D eigenvalue weighted by molar-refractivity contribution is 7.91. The molecule has 10 heteroatoms. The van der Waals surface area contributed by atoms with E-state index in [0.717, 1.165) is 0 Å². The molecule has 1 amide bonds. The van der Waals surface area contributed by atoms with Crippen LogP contribution in [0.2, 0.25) is 0 Å². The molecule has 2 aromatic rings. The first-order chi connectivity index (χ1) is 12.9. The Bertz CT molecular complexity index is 960. The van der Waals surface area contributed by atoms with Crippen molar-refractivity contribution in [3.8, 4) is 0 Å². The smallest absolute Gasteiger partial charge is 0.339 e.